The van der Waals surface area contributed by atoms with Crippen LogP contribution >= 0.6 is 0 Å². The second kappa shape index (κ2) is 4.49. The van der Waals surface area contributed by atoms with Crippen LogP contribution < -0.4 is 10.2 Å². The van der Waals surface area contributed by atoms with Crippen LogP contribution in [0.2, 0.25) is 0 Å². The predicted molar refractivity (Wildman–Crippen MR) is 65.4 cm³/mol. The molecule has 0 spiro atoms. The van der Waals surface area contributed by atoms with Gasteiger partial charge in [0.25, 0.3) is 0 Å². The molecule has 0 radical (unpaired) electrons. The smallest absolute Gasteiger partial charge is 0.0595 e. The lowest BCUT2D eigenvalue weighted by atomic mass is 10.1. The highest BCUT2D eigenvalue weighted by molar-refractivity contribution is 5.55. The number of rotatable bonds is 2. The lowest BCUT2D eigenvalue weighted by molar-refractivity contribution is 0.529. The fourth-order valence-electron chi connectivity index (χ4n) is 2.12. The molecule has 1 heterocycles. The van der Waals surface area contributed by atoms with Crippen LogP contribution in [0.5, 0.6) is 0 Å². The molecule has 1 unspecified atom stereocenters. The molecule has 0 bridgehead atoms. The molecule has 15 heavy (non-hydrogen) atoms. The van der Waals surface area contributed by atoms with Crippen molar-refractivity contribution in [3.05, 3.63) is 42.5 Å². The molecule has 2 nitrogen and oxygen atoms in total. The fraction of sp³-hybridized carbons (Fsp3) is 0.385. The van der Waals surface area contributed by atoms with Crippen molar-refractivity contribution in [3.63, 3.8) is 0 Å². The Hall–Kier alpha value is -1.28. The van der Waals surface area contributed by atoms with Crippen LogP contribution in [0, 0.1) is 6.92 Å². The van der Waals surface area contributed by atoms with Gasteiger partial charge in [-0.15, -0.1) is 6.58 Å². The van der Waals surface area contributed by atoms with Gasteiger partial charge in [-0.3, -0.25) is 0 Å². The fourth-order valence-corrected chi connectivity index (χ4v) is 2.12. The molecular formula is C13H18N2. The Morgan fingerprint density at radius 1 is 1.47 bits per heavy atom. The van der Waals surface area contributed by atoms with Gasteiger partial charge in [0.2, 0.25) is 0 Å². The summed E-state index contributed by atoms with van der Waals surface area (Å²) in [6.07, 6.45) is 2.03. The number of anilines is 1. The number of hydrogen-bond donors (Lipinski definition) is 1. The maximum atomic E-state index is 3.91. The van der Waals surface area contributed by atoms with E-state index in [9.17, 15) is 0 Å². The first-order valence-corrected chi connectivity index (χ1v) is 5.48. The third-order valence-corrected chi connectivity index (χ3v) is 2.98. The van der Waals surface area contributed by atoms with E-state index in [0.29, 0.717) is 6.04 Å². The van der Waals surface area contributed by atoms with E-state index in [1.165, 1.54) is 11.3 Å². The van der Waals surface area contributed by atoms with Crippen molar-refractivity contribution in [2.45, 2.75) is 13.0 Å². The summed E-state index contributed by atoms with van der Waals surface area (Å²) in [5, 5.41) is 3.39. The molecule has 1 aliphatic rings. The molecule has 1 N–H and O–H groups in total. The normalized spacial score (nSPS) is 21.4. The minimum absolute atomic E-state index is 0.417. The van der Waals surface area contributed by atoms with E-state index in [1.54, 1.807) is 0 Å². The zero-order chi connectivity index (χ0) is 10.7. The summed E-state index contributed by atoms with van der Waals surface area (Å²) in [6, 6.07) is 8.96. The molecule has 1 aliphatic heterocycles. The Bertz CT molecular complexity index is 346. The van der Waals surface area contributed by atoms with E-state index in [-0.39, 0.29) is 0 Å². The van der Waals surface area contributed by atoms with Gasteiger partial charge in [0, 0.05) is 25.3 Å². The van der Waals surface area contributed by atoms with Crippen LogP contribution in [0.15, 0.2) is 36.9 Å². The van der Waals surface area contributed by atoms with Gasteiger partial charge < -0.3 is 10.2 Å². The number of aryl methyl sites for hydroxylation is 1. The van der Waals surface area contributed by atoms with Crippen molar-refractivity contribution in [2.75, 3.05) is 24.5 Å². The van der Waals surface area contributed by atoms with E-state index in [4.69, 9.17) is 0 Å². The molecular weight excluding hydrogens is 184 g/mol. The van der Waals surface area contributed by atoms with Crippen molar-refractivity contribution in [2.24, 2.45) is 0 Å². The van der Waals surface area contributed by atoms with Crippen LogP contribution in [0.3, 0.4) is 0 Å². The predicted octanol–water partition coefficient (Wildman–Crippen LogP) is 1.96. The third-order valence-electron chi connectivity index (χ3n) is 2.98. The maximum Gasteiger partial charge on any atom is 0.0595 e. The lowest BCUT2D eigenvalue weighted by Crippen LogP contribution is -2.50. The molecule has 2 heteroatoms. The van der Waals surface area contributed by atoms with Crippen LogP contribution in [0.25, 0.3) is 0 Å². The quantitative estimate of drug-likeness (QED) is 0.737. The molecule has 0 saturated carbocycles. The zero-order valence-electron chi connectivity index (χ0n) is 9.24. The van der Waals surface area contributed by atoms with Gasteiger partial charge in [-0.2, -0.15) is 0 Å². The standard InChI is InChI=1S/C13H18N2/c1-3-12-10-14-8-9-15(12)13-7-5-4-6-11(13)2/h3-7,12,14H,1,8-10H2,2H3. The van der Waals surface area contributed by atoms with E-state index in [2.05, 4.69) is 48.0 Å². The zero-order valence-corrected chi connectivity index (χ0v) is 9.24. The number of hydrogen-bond acceptors (Lipinski definition) is 2. The molecule has 0 amide bonds. The summed E-state index contributed by atoms with van der Waals surface area (Å²) >= 11 is 0. The first-order chi connectivity index (χ1) is 7.33. The van der Waals surface area contributed by atoms with Gasteiger partial charge in [-0.05, 0) is 18.6 Å². The van der Waals surface area contributed by atoms with Crippen LogP contribution in [0.1, 0.15) is 5.56 Å². The van der Waals surface area contributed by atoms with Crippen molar-refractivity contribution in [3.8, 4) is 0 Å². The summed E-state index contributed by atoms with van der Waals surface area (Å²) in [7, 11) is 0. The highest BCUT2D eigenvalue weighted by atomic mass is 15.2. The second-order valence-corrected chi connectivity index (χ2v) is 3.99. The van der Waals surface area contributed by atoms with Crippen LogP contribution in [0.4, 0.5) is 5.69 Å². The molecule has 2 rings (SSSR count). The third kappa shape index (κ3) is 2.05. The van der Waals surface area contributed by atoms with E-state index in [1.807, 2.05) is 6.08 Å². The molecule has 1 aromatic carbocycles. The minimum atomic E-state index is 0.417. The van der Waals surface area contributed by atoms with Gasteiger partial charge >= 0.3 is 0 Å². The van der Waals surface area contributed by atoms with E-state index >= 15 is 0 Å². The van der Waals surface area contributed by atoms with Gasteiger partial charge in [0.15, 0.2) is 0 Å². The average Bonchev–Trinajstić information content (AvgIpc) is 2.30. The Kier molecular flexibility index (Phi) is 3.07. The van der Waals surface area contributed by atoms with Gasteiger partial charge in [-0.1, -0.05) is 24.3 Å². The maximum absolute atomic E-state index is 3.91. The number of nitrogens with zero attached hydrogens (tertiary/aromatic N) is 1. The van der Waals surface area contributed by atoms with Gasteiger partial charge in [-0.25, -0.2) is 0 Å². The minimum Gasteiger partial charge on any atom is -0.362 e. The van der Waals surface area contributed by atoms with Crippen molar-refractivity contribution in [1.29, 1.82) is 0 Å². The first-order valence-electron chi connectivity index (χ1n) is 5.48. The van der Waals surface area contributed by atoms with Crippen molar-refractivity contribution in [1.82, 2.24) is 5.32 Å². The molecule has 1 aromatic rings. The molecule has 1 saturated heterocycles. The second-order valence-electron chi connectivity index (χ2n) is 3.99. The summed E-state index contributed by atoms with van der Waals surface area (Å²) in [4.78, 5) is 2.43. The average molecular weight is 202 g/mol. The topological polar surface area (TPSA) is 15.3 Å². The summed E-state index contributed by atoms with van der Waals surface area (Å²) < 4.78 is 0. The lowest BCUT2D eigenvalue weighted by Gasteiger charge is -2.37. The Morgan fingerprint density at radius 2 is 2.27 bits per heavy atom. The van der Waals surface area contributed by atoms with Crippen LogP contribution in [-0.2, 0) is 0 Å². The van der Waals surface area contributed by atoms with E-state index in [0.717, 1.165) is 19.6 Å². The SMILES string of the molecule is C=CC1CNCCN1c1ccccc1C. The van der Waals surface area contributed by atoms with E-state index < -0.39 is 0 Å². The number of benzene rings is 1. The Morgan fingerprint density at radius 3 is 3.00 bits per heavy atom. The van der Waals surface area contributed by atoms with Crippen LogP contribution in [-0.4, -0.2) is 25.7 Å². The summed E-state index contributed by atoms with van der Waals surface area (Å²) in [6.45, 7) is 9.18. The summed E-state index contributed by atoms with van der Waals surface area (Å²) in [5.41, 5.74) is 2.68. The number of piperazine rings is 1. The Labute approximate surface area is 91.6 Å². The summed E-state index contributed by atoms with van der Waals surface area (Å²) in [5.74, 6) is 0. The molecule has 0 aliphatic carbocycles. The highest BCUT2D eigenvalue weighted by Gasteiger charge is 2.20. The van der Waals surface area contributed by atoms with Gasteiger partial charge in [0.05, 0.1) is 6.04 Å². The molecule has 80 valence electrons. The molecule has 0 aromatic heterocycles. The monoisotopic (exact) mass is 202 g/mol. The van der Waals surface area contributed by atoms with Crippen molar-refractivity contribution < 1.29 is 0 Å². The first kappa shape index (κ1) is 10.2. The highest BCUT2D eigenvalue weighted by Crippen LogP contribution is 2.22. The molecule has 1 atom stereocenters. The number of nitrogens with one attached hydrogen (secondary N) is 1. The number of para-hydroxylation sites is 1. The van der Waals surface area contributed by atoms with Crippen molar-refractivity contribution >= 4 is 5.69 Å². The Balaban J connectivity index is 2.28. The molecule has 1 fully saturated rings. The largest absolute Gasteiger partial charge is 0.362 e. The van der Waals surface area contributed by atoms with Gasteiger partial charge in [0.1, 0.15) is 0 Å².